The number of carbonyl (C=O) groups excluding carboxylic acids is 1. The van der Waals surface area contributed by atoms with Gasteiger partial charge in [-0.3, -0.25) is 9.69 Å². The molecule has 19 heavy (non-hydrogen) atoms. The number of hydrogen-bond acceptors (Lipinski definition) is 2. The van der Waals surface area contributed by atoms with E-state index >= 15 is 0 Å². The van der Waals surface area contributed by atoms with Crippen LogP contribution < -0.4 is 0 Å². The molecule has 110 valence electrons. The first-order chi connectivity index (χ1) is 9.15. The summed E-state index contributed by atoms with van der Waals surface area (Å²) in [5, 5.41) is 0. The van der Waals surface area contributed by atoms with Gasteiger partial charge in [0.25, 0.3) is 0 Å². The Morgan fingerprint density at radius 1 is 1.21 bits per heavy atom. The van der Waals surface area contributed by atoms with Gasteiger partial charge in [0.15, 0.2) is 0 Å². The van der Waals surface area contributed by atoms with Crippen molar-refractivity contribution in [1.82, 2.24) is 9.80 Å². The third-order valence-electron chi connectivity index (χ3n) is 5.16. The fourth-order valence-electron chi connectivity index (χ4n) is 3.48. The smallest absolute Gasteiger partial charge is 0.222 e. The number of piperidine rings is 1. The first-order valence-corrected chi connectivity index (χ1v) is 8.19. The van der Waals surface area contributed by atoms with Crippen molar-refractivity contribution in [1.29, 1.82) is 0 Å². The molecule has 0 bridgehead atoms. The van der Waals surface area contributed by atoms with Gasteiger partial charge in [0.05, 0.1) is 0 Å². The van der Waals surface area contributed by atoms with Crippen LogP contribution in [-0.2, 0) is 4.79 Å². The fourth-order valence-corrected chi connectivity index (χ4v) is 3.48. The summed E-state index contributed by atoms with van der Waals surface area (Å²) in [6.45, 7) is 9.91. The number of hydrogen-bond donors (Lipinski definition) is 0. The molecule has 0 radical (unpaired) electrons. The SMILES string of the molecule is CCC(CC)CC(=O)N1CC(N2CCCC[C@H]2C)C1. The molecule has 0 aromatic carbocycles. The molecular weight excluding hydrogens is 236 g/mol. The molecule has 0 aromatic heterocycles. The van der Waals surface area contributed by atoms with Gasteiger partial charge >= 0.3 is 0 Å². The molecule has 0 spiro atoms. The van der Waals surface area contributed by atoms with Crippen LogP contribution in [0.4, 0.5) is 0 Å². The highest BCUT2D eigenvalue weighted by molar-refractivity contribution is 5.77. The van der Waals surface area contributed by atoms with Crippen molar-refractivity contribution in [3.63, 3.8) is 0 Å². The molecule has 0 aromatic rings. The van der Waals surface area contributed by atoms with Crippen molar-refractivity contribution in [2.24, 2.45) is 5.92 Å². The standard InChI is InChI=1S/C16H30N2O/c1-4-14(5-2)10-16(19)17-11-15(12-17)18-9-7-6-8-13(18)3/h13-15H,4-12H2,1-3H3/t13-/m1/s1. The Morgan fingerprint density at radius 3 is 2.47 bits per heavy atom. The molecule has 3 heteroatoms. The number of amides is 1. The van der Waals surface area contributed by atoms with Crippen LogP contribution in [0.25, 0.3) is 0 Å². The Bertz CT molecular complexity index is 295. The quantitative estimate of drug-likeness (QED) is 0.764. The summed E-state index contributed by atoms with van der Waals surface area (Å²) >= 11 is 0. The average molecular weight is 266 g/mol. The Kier molecular flexibility index (Phi) is 5.26. The maximum absolute atomic E-state index is 12.2. The Balaban J connectivity index is 1.74. The zero-order chi connectivity index (χ0) is 13.8. The topological polar surface area (TPSA) is 23.6 Å². The van der Waals surface area contributed by atoms with Gasteiger partial charge in [-0.25, -0.2) is 0 Å². The number of likely N-dealkylation sites (tertiary alicyclic amines) is 2. The van der Waals surface area contributed by atoms with E-state index in [2.05, 4.69) is 30.6 Å². The van der Waals surface area contributed by atoms with E-state index in [1.165, 1.54) is 25.8 Å². The minimum Gasteiger partial charge on any atom is -0.339 e. The van der Waals surface area contributed by atoms with E-state index in [1.807, 2.05) is 0 Å². The van der Waals surface area contributed by atoms with Crippen molar-refractivity contribution >= 4 is 5.91 Å². The molecule has 0 unspecified atom stereocenters. The van der Waals surface area contributed by atoms with Crippen LogP contribution in [0.2, 0.25) is 0 Å². The Hall–Kier alpha value is -0.570. The van der Waals surface area contributed by atoms with E-state index in [-0.39, 0.29) is 0 Å². The lowest BCUT2D eigenvalue weighted by atomic mass is 9.95. The molecule has 0 N–H and O–H groups in total. The second-order valence-electron chi connectivity index (χ2n) is 6.42. The first kappa shape index (κ1) is 14.8. The molecule has 1 atom stereocenters. The van der Waals surface area contributed by atoms with Crippen LogP contribution >= 0.6 is 0 Å². The molecule has 0 saturated carbocycles. The van der Waals surface area contributed by atoms with Gasteiger partial charge in [-0.1, -0.05) is 33.1 Å². The molecular formula is C16H30N2O. The summed E-state index contributed by atoms with van der Waals surface area (Å²) in [6, 6.07) is 1.36. The summed E-state index contributed by atoms with van der Waals surface area (Å²) < 4.78 is 0. The van der Waals surface area contributed by atoms with Crippen molar-refractivity contribution in [3.8, 4) is 0 Å². The lowest BCUT2D eigenvalue weighted by Crippen LogP contribution is -2.63. The predicted octanol–water partition coefficient (Wildman–Crippen LogP) is 2.90. The number of rotatable bonds is 5. The fraction of sp³-hybridized carbons (Fsp3) is 0.938. The summed E-state index contributed by atoms with van der Waals surface area (Å²) in [5.41, 5.74) is 0. The van der Waals surface area contributed by atoms with E-state index in [4.69, 9.17) is 0 Å². The van der Waals surface area contributed by atoms with E-state index in [9.17, 15) is 4.79 Å². The van der Waals surface area contributed by atoms with Gasteiger partial charge in [0.1, 0.15) is 0 Å². The van der Waals surface area contributed by atoms with Gasteiger partial charge < -0.3 is 4.90 Å². The normalized spacial score (nSPS) is 25.7. The van der Waals surface area contributed by atoms with Crippen LogP contribution in [0.5, 0.6) is 0 Å². The molecule has 1 amide bonds. The van der Waals surface area contributed by atoms with E-state index in [0.717, 1.165) is 38.4 Å². The minimum absolute atomic E-state index is 0.384. The molecule has 3 nitrogen and oxygen atoms in total. The summed E-state index contributed by atoms with van der Waals surface area (Å²) in [4.78, 5) is 16.9. The average Bonchev–Trinajstić information content (AvgIpc) is 2.36. The van der Waals surface area contributed by atoms with Gasteiger partial charge in [-0.15, -0.1) is 0 Å². The summed E-state index contributed by atoms with van der Waals surface area (Å²) in [7, 11) is 0. The van der Waals surface area contributed by atoms with Crippen LogP contribution in [0.1, 0.15) is 59.3 Å². The van der Waals surface area contributed by atoms with E-state index < -0.39 is 0 Å². The van der Waals surface area contributed by atoms with Gasteiger partial charge in [0, 0.05) is 31.6 Å². The second-order valence-corrected chi connectivity index (χ2v) is 6.42. The Morgan fingerprint density at radius 2 is 1.89 bits per heavy atom. The molecule has 2 heterocycles. The van der Waals surface area contributed by atoms with Gasteiger partial charge in [-0.05, 0) is 32.2 Å². The molecule has 2 fully saturated rings. The zero-order valence-corrected chi connectivity index (χ0v) is 12.9. The molecule has 0 aliphatic carbocycles. The van der Waals surface area contributed by atoms with Gasteiger partial charge in [0.2, 0.25) is 5.91 Å². The van der Waals surface area contributed by atoms with E-state index in [0.29, 0.717) is 17.9 Å². The van der Waals surface area contributed by atoms with Crippen LogP contribution in [-0.4, -0.2) is 47.4 Å². The van der Waals surface area contributed by atoms with Crippen LogP contribution in [0.3, 0.4) is 0 Å². The van der Waals surface area contributed by atoms with Crippen molar-refractivity contribution in [2.45, 2.75) is 71.4 Å². The predicted molar refractivity (Wildman–Crippen MR) is 79.1 cm³/mol. The summed E-state index contributed by atoms with van der Waals surface area (Å²) in [6.07, 6.45) is 7.06. The third-order valence-corrected chi connectivity index (χ3v) is 5.16. The molecule has 2 saturated heterocycles. The van der Waals surface area contributed by atoms with Gasteiger partial charge in [-0.2, -0.15) is 0 Å². The maximum Gasteiger partial charge on any atom is 0.222 e. The lowest BCUT2D eigenvalue weighted by molar-refractivity contribution is -0.141. The highest BCUT2D eigenvalue weighted by Gasteiger charge is 2.37. The zero-order valence-electron chi connectivity index (χ0n) is 12.9. The highest BCUT2D eigenvalue weighted by atomic mass is 16.2. The monoisotopic (exact) mass is 266 g/mol. The summed E-state index contributed by atoms with van der Waals surface area (Å²) in [5.74, 6) is 0.968. The first-order valence-electron chi connectivity index (χ1n) is 8.19. The second kappa shape index (κ2) is 6.74. The van der Waals surface area contributed by atoms with Crippen molar-refractivity contribution in [2.75, 3.05) is 19.6 Å². The van der Waals surface area contributed by atoms with Crippen molar-refractivity contribution < 1.29 is 4.79 Å². The van der Waals surface area contributed by atoms with E-state index in [1.54, 1.807) is 0 Å². The number of carbonyl (C=O) groups is 1. The third kappa shape index (κ3) is 3.50. The minimum atomic E-state index is 0.384. The van der Waals surface area contributed by atoms with Crippen LogP contribution in [0.15, 0.2) is 0 Å². The highest BCUT2D eigenvalue weighted by Crippen LogP contribution is 2.25. The lowest BCUT2D eigenvalue weighted by Gasteiger charge is -2.49. The molecule has 2 aliphatic heterocycles. The van der Waals surface area contributed by atoms with Crippen LogP contribution in [0, 0.1) is 5.92 Å². The maximum atomic E-state index is 12.2. The molecule has 2 aliphatic rings. The molecule has 2 rings (SSSR count). The number of nitrogens with zero attached hydrogens (tertiary/aromatic N) is 2. The Labute approximate surface area is 118 Å². The largest absolute Gasteiger partial charge is 0.339 e. The van der Waals surface area contributed by atoms with Crippen molar-refractivity contribution in [3.05, 3.63) is 0 Å².